The van der Waals surface area contributed by atoms with E-state index in [-0.39, 0.29) is 6.54 Å². The molecule has 1 atom stereocenters. The Morgan fingerprint density at radius 1 is 1.50 bits per heavy atom. The van der Waals surface area contributed by atoms with Crippen molar-refractivity contribution in [2.75, 3.05) is 6.54 Å². The van der Waals surface area contributed by atoms with E-state index >= 15 is 0 Å². The van der Waals surface area contributed by atoms with Gasteiger partial charge in [0, 0.05) is 11.0 Å². The fraction of sp³-hybridized carbons (Fsp3) is 0.417. The van der Waals surface area contributed by atoms with E-state index in [9.17, 15) is 4.79 Å². The highest BCUT2D eigenvalue weighted by Gasteiger charge is 2.25. The second-order valence-corrected chi connectivity index (χ2v) is 5.03. The van der Waals surface area contributed by atoms with Gasteiger partial charge in [0.05, 0.1) is 5.92 Å². The number of carboxylic acid groups (broad SMARTS) is 1. The Bertz CT molecular complexity index is 431. The number of carboxylic acids is 1. The number of nitrogens with two attached hydrogens (primary N) is 1. The Morgan fingerprint density at radius 2 is 2.25 bits per heavy atom. The lowest BCUT2D eigenvalue weighted by molar-refractivity contribution is -0.138. The number of benzene rings is 1. The van der Waals surface area contributed by atoms with Crippen LogP contribution in [0.1, 0.15) is 29.0 Å². The van der Waals surface area contributed by atoms with Crippen LogP contribution in [0.5, 0.6) is 0 Å². The number of rotatable bonds is 3. The van der Waals surface area contributed by atoms with Crippen LogP contribution in [0.3, 0.4) is 0 Å². The number of aryl methyl sites for hydroxylation is 1. The van der Waals surface area contributed by atoms with Crippen LogP contribution >= 0.6 is 15.9 Å². The average molecular weight is 284 g/mol. The van der Waals surface area contributed by atoms with Crippen molar-refractivity contribution >= 4 is 21.9 Å². The molecule has 1 aliphatic carbocycles. The lowest BCUT2D eigenvalue weighted by Gasteiger charge is -2.15. The summed E-state index contributed by atoms with van der Waals surface area (Å²) in [4.78, 5) is 11.1. The van der Waals surface area contributed by atoms with E-state index in [1.165, 1.54) is 11.1 Å². The monoisotopic (exact) mass is 283 g/mol. The van der Waals surface area contributed by atoms with E-state index in [1.807, 2.05) is 6.07 Å². The summed E-state index contributed by atoms with van der Waals surface area (Å²) in [7, 11) is 0. The molecular weight excluding hydrogens is 270 g/mol. The summed E-state index contributed by atoms with van der Waals surface area (Å²) in [6.45, 7) is 0.151. The maximum Gasteiger partial charge on any atom is 0.312 e. The van der Waals surface area contributed by atoms with E-state index in [2.05, 4.69) is 22.0 Å². The van der Waals surface area contributed by atoms with Gasteiger partial charge in [-0.05, 0) is 48.1 Å². The third-order valence-corrected chi connectivity index (χ3v) is 3.58. The molecule has 0 heterocycles. The Labute approximate surface area is 103 Å². The summed E-state index contributed by atoms with van der Waals surface area (Å²) in [5, 5.41) is 9.15. The summed E-state index contributed by atoms with van der Waals surface area (Å²) in [5.41, 5.74) is 8.90. The molecule has 1 unspecified atom stereocenters. The highest BCUT2D eigenvalue weighted by molar-refractivity contribution is 9.10. The first kappa shape index (κ1) is 11.6. The zero-order chi connectivity index (χ0) is 11.7. The van der Waals surface area contributed by atoms with Crippen LogP contribution in [0.25, 0.3) is 0 Å². The lowest BCUT2D eigenvalue weighted by atomic mass is 9.92. The second kappa shape index (κ2) is 4.55. The molecule has 86 valence electrons. The van der Waals surface area contributed by atoms with Gasteiger partial charge in [-0.1, -0.05) is 15.9 Å². The molecule has 3 N–H and O–H groups in total. The van der Waals surface area contributed by atoms with Gasteiger partial charge in [-0.3, -0.25) is 4.79 Å². The van der Waals surface area contributed by atoms with Crippen molar-refractivity contribution in [2.45, 2.75) is 25.2 Å². The molecule has 2 rings (SSSR count). The first-order chi connectivity index (χ1) is 7.63. The highest BCUT2D eigenvalue weighted by atomic mass is 79.9. The topological polar surface area (TPSA) is 63.3 Å². The number of carbonyl (C=O) groups is 1. The summed E-state index contributed by atoms with van der Waals surface area (Å²) >= 11 is 3.43. The van der Waals surface area contributed by atoms with Gasteiger partial charge in [0.15, 0.2) is 0 Å². The summed E-state index contributed by atoms with van der Waals surface area (Å²) in [5.74, 6) is -1.42. The first-order valence-electron chi connectivity index (χ1n) is 5.37. The van der Waals surface area contributed by atoms with Gasteiger partial charge in [0.2, 0.25) is 0 Å². The zero-order valence-electron chi connectivity index (χ0n) is 8.87. The maximum absolute atomic E-state index is 11.1. The third-order valence-electron chi connectivity index (χ3n) is 3.12. The zero-order valence-corrected chi connectivity index (χ0v) is 10.5. The van der Waals surface area contributed by atoms with Gasteiger partial charge in [0.25, 0.3) is 0 Å². The Balaban J connectivity index is 2.51. The van der Waals surface area contributed by atoms with Crippen LogP contribution in [-0.2, 0) is 17.6 Å². The molecule has 0 fully saturated rings. The number of hydrogen-bond acceptors (Lipinski definition) is 2. The van der Waals surface area contributed by atoms with Crippen molar-refractivity contribution in [1.82, 2.24) is 0 Å². The summed E-state index contributed by atoms with van der Waals surface area (Å²) in [6.07, 6.45) is 3.12. The Hall–Kier alpha value is -0.870. The van der Waals surface area contributed by atoms with E-state index < -0.39 is 11.9 Å². The molecular formula is C12H14BrNO2. The van der Waals surface area contributed by atoms with Crippen molar-refractivity contribution in [1.29, 1.82) is 0 Å². The minimum atomic E-state index is -0.838. The van der Waals surface area contributed by atoms with Gasteiger partial charge in [0.1, 0.15) is 0 Å². The van der Waals surface area contributed by atoms with Gasteiger partial charge < -0.3 is 10.8 Å². The van der Waals surface area contributed by atoms with E-state index in [0.29, 0.717) is 0 Å². The number of fused-ring (bicyclic) bond motifs is 1. The van der Waals surface area contributed by atoms with Gasteiger partial charge in [-0.25, -0.2) is 0 Å². The minimum absolute atomic E-state index is 0.151. The summed E-state index contributed by atoms with van der Waals surface area (Å²) in [6, 6.07) is 3.98. The molecule has 3 nitrogen and oxygen atoms in total. The van der Waals surface area contributed by atoms with Crippen LogP contribution < -0.4 is 5.73 Å². The standard InChI is InChI=1S/C12H14BrNO2/c13-8-4-7-2-1-3-9(7)10(5-8)11(6-14)12(15)16/h4-5,11H,1-3,6,14H2,(H,15,16). The predicted octanol–water partition coefficient (Wildman–Crippen LogP) is 2.06. The fourth-order valence-corrected chi connectivity index (χ4v) is 2.89. The predicted molar refractivity (Wildman–Crippen MR) is 65.6 cm³/mol. The van der Waals surface area contributed by atoms with E-state index in [1.54, 1.807) is 0 Å². The molecule has 0 saturated carbocycles. The molecule has 16 heavy (non-hydrogen) atoms. The van der Waals surface area contributed by atoms with Gasteiger partial charge in [-0.2, -0.15) is 0 Å². The molecule has 0 saturated heterocycles. The lowest BCUT2D eigenvalue weighted by Crippen LogP contribution is -2.22. The van der Waals surface area contributed by atoms with Crippen molar-refractivity contribution < 1.29 is 9.90 Å². The number of hydrogen-bond donors (Lipinski definition) is 2. The van der Waals surface area contributed by atoms with Gasteiger partial charge in [-0.15, -0.1) is 0 Å². The van der Waals surface area contributed by atoms with Crippen LogP contribution in [0, 0.1) is 0 Å². The van der Waals surface area contributed by atoms with E-state index in [4.69, 9.17) is 10.8 Å². The van der Waals surface area contributed by atoms with Crippen LogP contribution in [0.15, 0.2) is 16.6 Å². The summed E-state index contributed by atoms with van der Waals surface area (Å²) < 4.78 is 0.947. The van der Waals surface area contributed by atoms with Crippen molar-refractivity contribution in [2.24, 2.45) is 5.73 Å². The van der Waals surface area contributed by atoms with Crippen LogP contribution in [-0.4, -0.2) is 17.6 Å². The van der Waals surface area contributed by atoms with Crippen molar-refractivity contribution in [3.05, 3.63) is 33.3 Å². The molecule has 0 aliphatic heterocycles. The van der Waals surface area contributed by atoms with Crippen LogP contribution in [0.4, 0.5) is 0 Å². The molecule has 0 radical (unpaired) electrons. The van der Waals surface area contributed by atoms with Gasteiger partial charge >= 0.3 is 5.97 Å². The van der Waals surface area contributed by atoms with Crippen molar-refractivity contribution in [3.8, 4) is 0 Å². The second-order valence-electron chi connectivity index (χ2n) is 4.11. The smallest absolute Gasteiger partial charge is 0.312 e. The first-order valence-corrected chi connectivity index (χ1v) is 6.17. The molecule has 1 aromatic carbocycles. The maximum atomic E-state index is 11.1. The Morgan fingerprint density at radius 3 is 2.88 bits per heavy atom. The van der Waals surface area contributed by atoms with E-state index in [0.717, 1.165) is 29.3 Å². The average Bonchev–Trinajstić information content (AvgIpc) is 2.65. The molecule has 0 aromatic heterocycles. The molecule has 0 amide bonds. The molecule has 1 aliphatic rings. The fourth-order valence-electron chi connectivity index (χ4n) is 2.37. The number of aliphatic carboxylic acids is 1. The number of halogens is 1. The largest absolute Gasteiger partial charge is 0.481 e. The molecule has 0 spiro atoms. The van der Waals surface area contributed by atoms with Crippen molar-refractivity contribution in [3.63, 3.8) is 0 Å². The Kier molecular flexibility index (Phi) is 3.30. The minimum Gasteiger partial charge on any atom is -0.481 e. The molecule has 0 bridgehead atoms. The molecule has 1 aromatic rings. The quantitative estimate of drug-likeness (QED) is 0.893. The third kappa shape index (κ3) is 1.99. The molecule has 4 heteroatoms. The SMILES string of the molecule is NCC(C(=O)O)c1cc(Br)cc2c1CCC2. The normalized spacial score (nSPS) is 15.9. The van der Waals surface area contributed by atoms with Crippen LogP contribution in [0.2, 0.25) is 0 Å². The highest BCUT2D eigenvalue weighted by Crippen LogP contribution is 2.33.